The number of aryl methyl sites for hydroxylation is 1. The molecule has 0 atom stereocenters. The molecule has 0 unspecified atom stereocenters. The van der Waals surface area contributed by atoms with Crippen molar-refractivity contribution >= 4 is 10.1 Å². The van der Waals surface area contributed by atoms with Crippen LogP contribution >= 0.6 is 0 Å². The van der Waals surface area contributed by atoms with E-state index in [0.29, 0.717) is 17.7 Å². The van der Waals surface area contributed by atoms with E-state index in [-0.39, 0.29) is 57.1 Å². The minimum atomic E-state index is -4.56. The van der Waals surface area contributed by atoms with Crippen LogP contribution in [0, 0.1) is 0 Å². The molecule has 0 spiro atoms. The second-order valence-electron chi connectivity index (χ2n) is 6.64. The average molecular weight is 431 g/mol. The maximum atomic E-state index is 12.7. The van der Waals surface area contributed by atoms with Gasteiger partial charge in [-0.1, -0.05) is 81.0 Å². The Bertz CT molecular complexity index is 822. The van der Waals surface area contributed by atoms with E-state index in [0.717, 1.165) is 19.3 Å². The Morgan fingerprint density at radius 1 is 0.929 bits per heavy atom. The summed E-state index contributed by atoms with van der Waals surface area (Å²) in [6, 6.07) is 11.2. The SMILES string of the molecule is CCCCCCCCCc1ccc(S(=O)(=O)O)c(Oc2ccccc2)c1[O-].[K+]. The third-order valence-electron chi connectivity index (χ3n) is 4.45. The molecule has 0 aromatic heterocycles. The zero-order valence-corrected chi connectivity index (χ0v) is 20.6. The Morgan fingerprint density at radius 2 is 1.54 bits per heavy atom. The number of ether oxygens (including phenoxy) is 1. The number of rotatable bonds is 11. The number of para-hydroxylation sites is 1. The molecule has 2 rings (SSSR count). The summed E-state index contributed by atoms with van der Waals surface area (Å²) in [6.45, 7) is 2.18. The summed E-state index contributed by atoms with van der Waals surface area (Å²) >= 11 is 0. The van der Waals surface area contributed by atoms with Gasteiger partial charge in [0.15, 0.2) is 0 Å². The fourth-order valence-electron chi connectivity index (χ4n) is 2.96. The molecular formula is C21H27KO5S. The van der Waals surface area contributed by atoms with E-state index < -0.39 is 20.8 Å². The summed E-state index contributed by atoms with van der Waals surface area (Å²) in [4.78, 5) is -0.500. The van der Waals surface area contributed by atoms with E-state index in [4.69, 9.17) is 4.74 Å². The first-order chi connectivity index (χ1) is 12.9. The van der Waals surface area contributed by atoms with Crippen molar-refractivity contribution in [2.24, 2.45) is 0 Å². The molecule has 5 nitrogen and oxygen atoms in total. The van der Waals surface area contributed by atoms with Crippen LogP contribution in [0.5, 0.6) is 17.2 Å². The fourth-order valence-corrected chi connectivity index (χ4v) is 3.57. The molecule has 0 aliphatic rings. The van der Waals surface area contributed by atoms with Crippen molar-refractivity contribution in [2.75, 3.05) is 0 Å². The van der Waals surface area contributed by atoms with Gasteiger partial charge in [0, 0.05) is 0 Å². The zero-order chi connectivity index (χ0) is 19.7. The Morgan fingerprint density at radius 3 is 2.14 bits per heavy atom. The number of benzene rings is 2. The van der Waals surface area contributed by atoms with Crippen molar-refractivity contribution in [1.29, 1.82) is 0 Å². The zero-order valence-electron chi connectivity index (χ0n) is 16.7. The van der Waals surface area contributed by atoms with Gasteiger partial charge < -0.3 is 9.84 Å². The molecule has 0 aliphatic heterocycles. The molecule has 2 aromatic carbocycles. The summed E-state index contributed by atoms with van der Waals surface area (Å²) in [5, 5.41) is 12.7. The number of unbranched alkanes of at least 4 members (excludes halogenated alkanes) is 6. The van der Waals surface area contributed by atoms with E-state index in [2.05, 4.69) is 6.92 Å². The standard InChI is InChI=1S/C21H28O5S.K/c1-2-3-4-5-6-7-9-12-17-15-16-19(27(23,24)25)21(20(17)22)26-18-13-10-8-11-14-18;/h8,10-11,13-16,22H,2-7,9,12H2,1H3,(H,23,24,25);/q;+1/p-1. The molecule has 1 N–H and O–H groups in total. The van der Waals surface area contributed by atoms with Gasteiger partial charge in [-0.2, -0.15) is 8.42 Å². The van der Waals surface area contributed by atoms with E-state index in [1.54, 1.807) is 30.3 Å². The van der Waals surface area contributed by atoms with Crippen LogP contribution in [0.15, 0.2) is 47.4 Å². The molecule has 0 bridgehead atoms. The Labute approximate surface area is 210 Å². The van der Waals surface area contributed by atoms with Crippen molar-refractivity contribution in [1.82, 2.24) is 0 Å². The molecule has 0 saturated carbocycles. The van der Waals surface area contributed by atoms with Gasteiger partial charge >= 0.3 is 51.4 Å². The molecule has 0 heterocycles. The third kappa shape index (κ3) is 8.14. The van der Waals surface area contributed by atoms with Crippen LogP contribution in [-0.2, 0) is 16.5 Å². The van der Waals surface area contributed by atoms with E-state index >= 15 is 0 Å². The Kier molecular flexibility index (Phi) is 11.9. The average Bonchev–Trinajstić information content (AvgIpc) is 2.63. The van der Waals surface area contributed by atoms with Crippen LogP contribution in [0.3, 0.4) is 0 Å². The predicted molar refractivity (Wildman–Crippen MR) is 104 cm³/mol. The summed E-state index contributed by atoms with van der Waals surface area (Å²) < 4.78 is 38.2. The van der Waals surface area contributed by atoms with Crippen LogP contribution in [-0.4, -0.2) is 13.0 Å². The topological polar surface area (TPSA) is 86.7 Å². The van der Waals surface area contributed by atoms with Crippen LogP contribution < -0.4 is 61.2 Å². The first-order valence-corrected chi connectivity index (χ1v) is 10.9. The molecule has 0 saturated heterocycles. The van der Waals surface area contributed by atoms with E-state index in [1.165, 1.54) is 37.8 Å². The molecule has 7 heteroatoms. The van der Waals surface area contributed by atoms with Crippen molar-refractivity contribution in [3.05, 3.63) is 48.0 Å². The largest absolute Gasteiger partial charge is 1.00 e. The van der Waals surface area contributed by atoms with Gasteiger partial charge in [-0.05, 0) is 31.0 Å². The van der Waals surface area contributed by atoms with Crippen LogP contribution in [0.25, 0.3) is 0 Å². The van der Waals surface area contributed by atoms with Gasteiger partial charge in [-0.3, -0.25) is 4.55 Å². The van der Waals surface area contributed by atoms with Crippen molar-refractivity contribution in [3.8, 4) is 17.2 Å². The van der Waals surface area contributed by atoms with Gasteiger partial charge in [0.25, 0.3) is 10.1 Å². The normalized spacial score (nSPS) is 11.1. The molecule has 0 aliphatic carbocycles. The summed E-state index contributed by atoms with van der Waals surface area (Å²) in [7, 11) is -4.56. The molecule has 2 aromatic rings. The quantitative estimate of drug-likeness (QED) is 0.335. The van der Waals surface area contributed by atoms with Crippen molar-refractivity contribution in [2.45, 2.75) is 63.2 Å². The summed E-state index contributed by atoms with van der Waals surface area (Å²) in [5.74, 6) is -0.489. The minimum absolute atomic E-state index is 0. The fraction of sp³-hybridized carbons (Fsp3) is 0.429. The van der Waals surface area contributed by atoms with Crippen molar-refractivity contribution in [3.63, 3.8) is 0 Å². The Balaban J connectivity index is 0.00000392. The van der Waals surface area contributed by atoms with Gasteiger partial charge in [0.1, 0.15) is 16.4 Å². The second-order valence-corrected chi connectivity index (χ2v) is 8.03. The molecule has 28 heavy (non-hydrogen) atoms. The van der Waals surface area contributed by atoms with Gasteiger partial charge in [-0.15, -0.1) is 0 Å². The number of hydrogen-bond donors (Lipinski definition) is 1. The Hall–Kier alpha value is -0.414. The maximum Gasteiger partial charge on any atom is 1.00 e. The van der Waals surface area contributed by atoms with Crippen LogP contribution in [0.2, 0.25) is 0 Å². The van der Waals surface area contributed by atoms with E-state index in [9.17, 15) is 18.1 Å². The molecule has 0 fully saturated rings. The smallest absolute Gasteiger partial charge is 0.870 e. The minimum Gasteiger partial charge on any atom is -0.870 e. The van der Waals surface area contributed by atoms with Crippen LogP contribution in [0.4, 0.5) is 0 Å². The monoisotopic (exact) mass is 430 g/mol. The molecule has 148 valence electrons. The second kappa shape index (κ2) is 13.0. The third-order valence-corrected chi connectivity index (χ3v) is 5.33. The maximum absolute atomic E-state index is 12.7. The van der Waals surface area contributed by atoms with Crippen LogP contribution in [0.1, 0.15) is 57.4 Å². The molecule has 0 radical (unpaired) electrons. The molecule has 0 amide bonds. The number of hydrogen-bond acceptors (Lipinski definition) is 4. The van der Waals surface area contributed by atoms with E-state index in [1.807, 2.05) is 0 Å². The predicted octanol–water partition coefficient (Wildman–Crippen LogP) is 2.10. The van der Waals surface area contributed by atoms with Crippen molar-refractivity contribution < 1.29 is 74.2 Å². The van der Waals surface area contributed by atoms with Gasteiger partial charge in [0.2, 0.25) is 0 Å². The summed E-state index contributed by atoms with van der Waals surface area (Å²) in [6.07, 6.45) is 8.47. The first-order valence-electron chi connectivity index (χ1n) is 9.46. The van der Waals surface area contributed by atoms with Gasteiger partial charge in [0.05, 0.1) is 0 Å². The summed E-state index contributed by atoms with van der Waals surface area (Å²) in [5.41, 5.74) is 0.502. The van der Waals surface area contributed by atoms with Gasteiger partial charge in [-0.25, -0.2) is 0 Å². The molecular weight excluding hydrogens is 403 g/mol. The first kappa shape index (κ1) is 25.6.